The van der Waals surface area contributed by atoms with Gasteiger partial charge < -0.3 is 14.8 Å². The molecule has 0 saturated heterocycles. The van der Waals surface area contributed by atoms with Crippen LogP contribution in [0.3, 0.4) is 0 Å². The van der Waals surface area contributed by atoms with Crippen molar-refractivity contribution in [2.45, 2.75) is 32.1 Å². The summed E-state index contributed by atoms with van der Waals surface area (Å²) in [5, 5.41) is 3.61. The quantitative estimate of drug-likeness (QED) is 0.549. The predicted molar refractivity (Wildman–Crippen MR) is 79.6 cm³/mol. The summed E-state index contributed by atoms with van der Waals surface area (Å²) >= 11 is 0. The monoisotopic (exact) mass is 272 g/mol. The lowest BCUT2D eigenvalue weighted by molar-refractivity contribution is 0.133. The van der Waals surface area contributed by atoms with Gasteiger partial charge in [0, 0.05) is 47.0 Å². The second kappa shape index (κ2) is 11.6. The Morgan fingerprint density at radius 2 is 1.74 bits per heavy atom. The van der Waals surface area contributed by atoms with Gasteiger partial charge in [-0.1, -0.05) is 12.8 Å². The summed E-state index contributed by atoms with van der Waals surface area (Å²) in [7, 11) is 3.54. The lowest BCUT2D eigenvalue weighted by Gasteiger charge is -2.22. The molecule has 0 aromatic heterocycles. The van der Waals surface area contributed by atoms with E-state index in [1.807, 2.05) is 0 Å². The first kappa shape index (κ1) is 16.9. The molecule has 0 amide bonds. The molecule has 0 atom stereocenters. The number of hydrogen-bond acceptors (Lipinski definition) is 4. The first-order valence-corrected chi connectivity index (χ1v) is 7.77. The minimum Gasteiger partial charge on any atom is -0.385 e. The van der Waals surface area contributed by atoms with Crippen LogP contribution in [0.2, 0.25) is 0 Å². The molecule has 0 spiro atoms. The van der Waals surface area contributed by atoms with Crippen LogP contribution in [0, 0.1) is 5.92 Å². The van der Waals surface area contributed by atoms with E-state index in [1.165, 1.54) is 32.2 Å². The van der Waals surface area contributed by atoms with Gasteiger partial charge in [-0.2, -0.15) is 0 Å². The molecule has 0 radical (unpaired) electrons. The highest BCUT2D eigenvalue weighted by atomic mass is 16.5. The summed E-state index contributed by atoms with van der Waals surface area (Å²) in [5.41, 5.74) is 0. The van der Waals surface area contributed by atoms with E-state index in [9.17, 15) is 0 Å². The molecule has 1 aliphatic carbocycles. The highest BCUT2D eigenvalue weighted by Gasteiger charge is 2.14. The van der Waals surface area contributed by atoms with Crippen LogP contribution in [0.5, 0.6) is 0 Å². The van der Waals surface area contributed by atoms with E-state index in [0.717, 1.165) is 51.7 Å². The van der Waals surface area contributed by atoms with Gasteiger partial charge in [0.2, 0.25) is 0 Å². The fourth-order valence-corrected chi connectivity index (χ4v) is 2.75. The average molecular weight is 272 g/mol. The normalized spacial score (nSPS) is 16.6. The number of nitrogens with zero attached hydrogens (tertiary/aromatic N) is 1. The van der Waals surface area contributed by atoms with Crippen molar-refractivity contribution in [3.05, 3.63) is 0 Å². The Balaban J connectivity index is 2.04. The fourth-order valence-electron chi connectivity index (χ4n) is 2.75. The van der Waals surface area contributed by atoms with Crippen LogP contribution in [0.1, 0.15) is 32.1 Å². The van der Waals surface area contributed by atoms with Crippen molar-refractivity contribution in [2.75, 3.05) is 60.2 Å². The molecule has 0 bridgehead atoms. The fraction of sp³-hybridized carbons (Fsp3) is 1.00. The van der Waals surface area contributed by atoms with Gasteiger partial charge in [0.25, 0.3) is 0 Å². The Morgan fingerprint density at radius 3 is 2.42 bits per heavy atom. The zero-order valence-corrected chi connectivity index (χ0v) is 12.8. The lowest BCUT2D eigenvalue weighted by Crippen LogP contribution is -2.36. The topological polar surface area (TPSA) is 33.7 Å². The summed E-state index contributed by atoms with van der Waals surface area (Å²) < 4.78 is 10.3. The van der Waals surface area contributed by atoms with Gasteiger partial charge >= 0.3 is 0 Å². The lowest BCUT2D eigenvalue weighted by atomic mass is 10.1. The summed E-state index contributed by atoms with van der Waals surface area (Å²) in [6, 6.07) is 0. The van der Waals surface area contributed by atoms with Crippen LogP contribution in [-0.2, 0) is 9.47 Å². The van der Waals surface area contributed by atoms with Crippen LogP contribution in [0.25, 0.3) is 0 Å². The van der Waals surface area contributed by atoms with E-state index >= 15 is 0 Å². The molecule has 1 saturated carbocycles. The van der Waals surface area contributed by atoms with Crippen LogP contribution < -0.4 is 5.32 Å². The van der Waals surface area contributed by atoms with E-state index in [-0.39, 0.29) is 0 Å². The Labute approximate surface area is 118 Å². The molecule has 0 unspecified atom stereocenters. The molecular weight excluding hydrogens is 240 g/mol. The standard InChI is InChI=1S/C15H32N2O2/c1-18-12-5-9-17(11-13-19-2)10-8-16-14-15-6-3-4-7-15/h15-16H,3-14H2,1-2H3. The van der Waals surface area contributed by atoms with Crippen LogP contribution in [0.15, 0.2) is 0 Å². The van der Waals surface area contributed by atoms with Crippen LogP contribution in [-0.4, -0.2) is 65.1 Å². The van der Waals surface area contributed by atoms with Crippen LogP contribution >= 0.6 is 0 Å². The van der Waals surface area contributed by atoms with Gasteiger partial charge in [0.05, 0.1) is 6.61 Å². The van der Waals surface area contributed by atoms with E-state index in [0.29, 0.717) is 0 Å². The van der Waals surface area contributed by atoms with Crippen molar-refractivity contribution in [2.24, 2.45) is 5.92 Å². The predicted octanol–water partition coefficient (Wildman–Crippen LogP) is 1.75. The first-order valence-electron chi connectivity index (χ1n) is 7.77. The Bertz CT molecular complexity index is 197. The number of nitrogens with one attached hydrogen (secondary N) is 1. The molecule has 4 heteroatoms. The minimum atomic E-state index is 0.815. The number of ether oxygens (including phenoxy) is 2. The first-order chi connectivity index (χ1) is 9.36. The summed E-state index contributed by atoms with van der Waals surface area (Å²) in [4.78, 5) is 2.46. The molecule has 1 rings (SSSR count). The van der Waals surface area contributed by atoms with Gasteiger partial charge in [-0.3, -0.25) is 4.90 Å². The zero-order valence-electron chi connectivity index (χ0n) is 12.8. The molecule has 4 nitrogen and oxygen atoms in total. The van der Waals surface area contributed by atoms with Gasteiger partial charge in [-0.15, -0.1) is 0 Å². The molecule has 1 aliphatic rings. The second-order valence-electron chi connectivity index (χ2n) is 5.54. The third kappa shape index (κ3) is 8.58. The Hall–Kier alpha value is -0.160. The molecule has 0 heterocycles. The number of rotatable bonds is 12. The Morgan fingerprint density at radius 1 is 1.00 bits per heavy atom. The SMILES string of the molecule is COCCCN(CCNCC1CCCC1)CCOC. The van der Waals surface area contributed by atoms with Crippen molar-refractivity contribution >= 4 is 0 Å². The smallest absolute Gasteiger partial charge is 0.0589 e. The number of hydrogen-bond donors (Lipinski definition) is 1. The third-order valence-corrected chi connectivity index (χ3v) is 3.95. The van der Waals surface area contributed by atoms with E-state index < -0.39 is 0 Å². The highest BCUT2D eigenvalue weighted by Crippen LogP contribution is 2.23. The largest absolute Gasteiger partial charge is 0.385 e. The van der Waals surface area contributed by atoms with Crippen molar-refractivity contribution in [1.29, 1.82) is 0 Å². The van der Waals surface area contributed by atoms with Gasteiger partial charge in [0.1, 0.15) is 0 Å². The molecule has 114 valence electrons. The average Bonchev–Trinajstić information content (AvgIpc) is 2.93. The maximum atomic E-state index is 5.17. The molecule has 0 aromatic carbocycles. The van der Waals surface area contributed by atoms with Crippen molar-refractivity contribution in [1.82, 2.24) is 10.2 Å². The maximum absolute atomic E-state index is 5.17. The van der Waals surface area contributed by atoms with Gasteiger partial charge in [-0.25, -0.2) is 0 Å². The zero-order chi connectivity index (χ0) is 13.8. The van der Waals surface area contributed by atoms with Crippen molar-refractivity contribution in [3.8, 4) is 0 Å². The summed E-state index contributed by atoms with van der Waals surface area (Å²) in [5.74, 6) is 0.931. The second-order valence-corrected chi connectivity index (χ2v) is 5.54. The maximum Gasteiger partial charge on any atom is 0.0589 e. The summed E-state index contributed by atoms with van der Waals surface area (Å²) in [6.07, 6.45) is 6.82. The van der Waals surface area contributed by atoms with Crippen molar-refractivity contribution < 1.29 is 9.47 Å². The third-order valence-electron chi connectivity index (χ3n) is 3.95. The van der Waals surface area contributed by atoms with E-state index in [1.54, 1.807) is 14.2 Å². The molecule has 0 aliphatic heterocycles. The van der Waals surface area contributed by atoms with Gasteiger partial charge in [0.15, 0.2) is 0 Å². The molecule has 19 heavy (non-hydrogen) atoms. The summed E-state index contributed by atoms with van der Waals surface area (Å²) in [6.45, 7) is 7.19. The molecule has 1 N–H and O–H groups in total. The molecular formula is C15H32N2O2. The van der Waals surface area contributed by atoms with E-state index in [4.69, 9.17) is 9.47 Å². The minimum absolute atomic E-state index is 0.815. The van der Waals surface area contributed by atoms with E-state index in [2.05, 4.69) is 10.2 Å². The molecule has 1 fully saturated rings. The Kier molecular flexibility index (Phi) is 10.4. The highest BCUT2D eigenvalue weighted by molar-refractivity contribution is 4.70. The number of methoxy groups -OCH3 is 2. The van der Waals surface area contributed by atoms with Crippen molar-refractivity contribution in [3.63, 3.8) is 0 Å². The van der Waals surface area contributed by atoms with Crippen LogP contribution in [0.4, 0.5) is 0 Å². The molecule has 0 aromatic rings. The van der Waals surface area contributed by atoms with Gasteiger partial charge in [-0.05, 0) is 31.7 Å².